The lowest BCUT2D eigenvalue weighted by Gasteiger charge is -2.30. The van der Waals surface area contributed by atoms with Gasteiger partial charge in [-0.2, -0.15) is 0 Å². The molecule has 2 amide bonds. The number of benzene rings is 1. The van der Waals surface area contributed by atoms with Crippen molar-refractivity contribution in [2.75, 3.05) is 29.5 Å². The van der Waals surface area contributed by atoms with Crippen LogP contribution in [0, 0.1) is 0 Å². The smallest absolute Gasteiger partial charge is 0.242 e. The number of hydrogen-bond acceptors (Lipinski definition) is 5. The fourth-order valence-electron chi connectivity index (χ4n) is 3.29. The third kappa shape index (κ3) is 5.45. The number of likely N-dealkylation sites (N-methyl/N-ethyl adjacent to an activating group) is 1. The molecule has 1 heterocycles. The van der Waals surface area contributed by atoms with E-state index in [-0.39, 0.29) is 42.0 Å². The van der Waals surface area contributed by atoms with E-state index in [0.717, 1.165) is 0 Å². The first kappa shape index (κ1) is 21.2. The Morgan fingerprint density at radius 2 is 1.93 bits per heavy atom. The summed E-state index contributed by atoms with van der Waals surface area (Å²) in [7, 11) is -3.10. The summed E-state index contributed by atoms with van der Waals surface area (Å²) in [6.07, 6.45) is 0.362. The summed E-state index contributed by atoms with van der Waals surface area (Å²) >= 11 is 0. The molecule has 0 spiro atoms. The molecule has 1 aromatic carbocycles. The van der Waals surface area contributed by atoms with Crippen molar-refractivity contribution in [1.29, 1.82) is 0 Å². The number of sulfone groups is 1. The Hall–Kier alpha value is -2.09. The molecule has 1 aliphatic heterocycles. The normalized spacial score (nSPS) is 18.3. The number of carbonyl (C=O) groups is 2. The maximum Gasteiger partial charge on any atom is 0.242 e. The van der Waals surface area contributed by atoms with Crippen molar-refractivity contribution < 1.29 is 22.7 Å². The van der Waals surface area contributed by atoms with Crippen LogP contribution in [0.3, 0.4) is 0 Å². The summed E-state index contributed by atoms with van der Waals surface area (Å²) in [5.74, 6) is 0.0669. The number of anilines is 1. The lowest BCUT2D eigenvalue weighted by atomic mass is 10.2. The number of rotatable bonds is 7. The van der Waals surface area contributed by atoms with Gasteiger partial charge in [0.1, 0.15) is 12.3 Å². The lowest BCUT2D eigenvalue weighted by Crippen LogP contribution is -2.47. The number of para-hydroxylation sites is 2. The molecule has 0 saturated carbocycles. The van der Waals surface area contributed by atoms with Crippen molar-refractivity contribution in [3.63, 3.8) is 0 Å². The molecule has 2 rings (SSSR count). The zero-order valence-corrected chi connectivity index (χ0v) is 17.2. The van der Waals surface area contributed by atoms with Crippen molar-refractivity contribution in [1.82, 2.24) is 4.90 Å². The molecule has 1 unspecified atom stereocenters. The Balaban J connectivity index is 2.23. The average molecular weight is 397 g/mol. The highest BCUT2D eigenvalue weighted by atomic mass is 32.2. The van der Waals surface area contributed by atoms with E-state index in [1.54, 1.807) is 23.1 Å². The first-order chi connectivity index (χ1) is 12.6. The number of nitrogens with zero attached hydrogens (tertiary/aromatic N) is 2. The van der Waals surface area contributed by atoms with Gasteiger partial charge in [-0.25, -0.2) is 8.42 Å². The zero-order chi connectivity index (χ0) is 20.2. The van der Waals surface area contributed by atoms with Crippen LogP contribution in [0.5, 0.6) is 5.75 Å². The van der Waals surface area contributed by atoms with E-state index in [1.807, 2.05) is 26.8 Å². The molecule has 0 N–H and O–H groups in total. The van der Waals surface area contributed by atoms with E-state index < -0.39 is 9.84 Å². The summed E-state index contributed by atoms with van der Waals surface area (Å²) in [6, 6.07) is 6.76. The van der Waals surface area contributed by atoms with Gasteiger partial charge in [0.2, 0.25) is 11.8 Å². The predicted octanol–water partition coefficient (Wildman–Crippen LogP) is 1.86. The highest BCUT2D eigenvalue weighted by Gasteiger charge is 2.34. The third-order valence-electron chi connectivity index (χ3n) is 4.50. The van der Waals surface area contributed by atoms with E-state index in [1.165, 1.54) is 11.8 Å². The maximum atomic E-state index is 12.9. The molecule has 0 radical (unpaired) electrons. The maximum absolute atomic E-state index is 12.9. The second kappa shape index (κ2) is 8.73. The number of hydrogen-bond donors (Lipinski definition) is 0. The highest BCUT2D eigenvalue weighted by molar-refractivity contribution is 7.91. The average Bonchev–Trinajstić information content (AvgIpc) is 2.93. The first-order valence-electron chi connectivity index (χ1n) is 9.18. The number of carbonyl (C=O) groups excluding carboxylic acids is 2. The van der Waals surface area contributed by atoms with E-state index >= 15 is 0 Å². The zero-order valence-electron chi connectivity index (χ0n) is 16.3. The molecule has 27 heavy (non-hydrogen) atoms. The number of ether oxygens (including phenoxy) is 1. The molecule has 1 atom stereocenters. The fraction of sp³-hybridized carbons (Fsp3) is 0.579. The second-order valence-corrected chi connectivity index (χ2v) is 9.20. The molecule has 1 aromatic rings. The minimum atomic E-state index is -3.10. The van der Waals surface area contributed by atoms with Gasteiger partial charge in [0.05, 0.1) is 23.3 Å². The van der Waals surface area contributed by atoms with Crippen LogP contribution >= 0.6 is 0 Å². The van der Waals surface area contributed by atoms with E-state index in [0.29, 0.717) is 24.4 Å². The number of amides is 2. The predicted molar refractivity (Wildman–Crippen MR) is 105 cm³/mol. The monoisotopic (exact) mass is 396 g/mol. The quantitative estimate of drug-likeness (QED) is 0.702. The van der Waals surface area contributed by atoms with Gasteiger partial charge >= 0.3 is 0 Å². The molecule has 0 aromatic heterocycles. The van der Waals surface area contributed by atoms with Gasteiger partial charge in [-0.1, -0.05) is 12.1 Å². The van der Waals surface area contributed by atoms with Crippen molar-refractivity contribution in [3.8, 4) is 5.75 Å². The molecular formula is C19H28N2O5S. The minimum Gasteiger partial charge on any atom is -0.489 e. The SMILES string of the molecule is CCN(C(=O)CN(C(C)=O)c1ccccc1OC(C)C)C1CCS(=O)(=O)C1. The van der Waals surface area contributed by atoms with E-state index in [2.05, 4.69) is 0 Å². The fourth-order valence-corrected chi connectivity index (χ4v) is 5.02. The van der Waals surface area contributed by atoms with Gasteiger partial charge in [-0.05, 0) is 39.3 Å². The Labute approximate surface area is 161 Å². The minimum absolute atomic E-state index is 0.0142. The topological polar surface area (TPSA) is 84.0 Å². The summed E-state index contributed by atoms with van der Waals surface area (Å²) in [4.78, 5) is 28.1. The molecular weight excluding hydrogens is 368 g/mol. The van der Waals surface area contributed by atoms with Crippen LogP contribution in [0.25, 0.3) is 0 Å². The summed E-state index contributed by atoms with van der Waals surface area (Å²) in [5, 5.41) is 0. The lowest BCUT2D eigenvalue weighted by molar-refractivity contribution is -0.132. The Morgan fingerprint density at radius 1 is 1.26 bits per heavy atom. The van der Waals surface area contributed by atoms with Crippen molar-refractivity contribution in [3.05, 3.63) is 24.3 Å². The standard InChI is InChI=1S/C19H28N2O5S/c1-5-20(16-10-11-27(24,25)13-16)19(23)12-21(15(4)22)17-8-6-7-9-18(17)26-14(2)3/h6-9,14,16H,5,10-13H2,1-4H3. The van der Waals surface area contributed by atoms with Crippen molar-refractivity contribution >= 4 is 27.3 Å². The van der Waals surface area contributed by atoms with E-state index in [4.69, 9.17) is 4.74 Å². The summed E-state index contributed by atoms with van der Waals surface area (Å²) < 4.78 is 29.3. The molecule has 8 heteroatoms. The summed E-state index contributed by atoms with van der Waals surface area (Å²) in [6.45, 7) is 7.23. The molecule has 7 nitrogen and oxygen atoms in total. The molecule has 1 aliphatic rings. The van der Waals surface area contributed by atoms with Gasteiger partial charge in [0, 0.05) is 19.5 Å². The Kier molecular flexibility index (Phi) is 6.86. The largest absolute Gasteiger partial charge is 0.489 e. The molecule has 1 saturated heterocycles. The highest BCUT2D eigenvalue weighted by Crippen LogP contribution is 2.29. The van der Waals surface area contributed by atoms with E-state index in [9.17, 15) is 18.0 Å². The Bertz CT molecular complexity index is 791. The third-order valence-corrected chi connectivity index (χ3v) is 6.25. The molecule has 0 bridgehead atoms. The van der Waals surface area contributed by atoms with Gasteiger partial charge < -0.3 is 9.64 Å². The van der Waals surface area contributed by atoms with Crippen LogP contribution in [0.2, 0.25) is 0 Å². The molecule has 1 fully saturated rings. The van der Waals surface area contributed by atoms with Gasteiger partial charge in [-0.3, -0.25) is 14.5 Å². The van der Waals surface area contributed by atoms with Gasteiger partial charge in [0.15, 0.2) is 9.84 Å². The Morgan fingerprint density at radius 3 is 2.44 bits per heavy atom. The van der Waals surface area contributed by atoms with Crippen molar-refractivity contribution in [2.24, 2.45) is 0 Å². The van der Waals surface area contributed by atoms with Crippen LogP contribution in [-0.4, -0.2) is 61.9 Å². The van der Waals surface area contributed by atoms with Crippen LogP contribution in [-0.2, 0) is 19.4 Å². The van der Waals surface area contributed by atoms with Crippen LogP contribution in [0.4, 0.5) is 5.69 Å². The van der Waals surface area contributed by atoms with Crippen LogP contribution in [0.15, 0.2) is 24.3 Å². The molecule has 0 aliphatic carbocycles. The van der Waals surface area contributed by atoms with Crippen LogP contribution in [0.1, 0.15) is 34.1 Å². The van der Waals surface area contributed by atoms with Crippen molar-refractivity contribution in [2.45, 2.75) is 46.3 Å². The molecule has 150 valence electrons. The second-order valence-electron chi connectivity index (χ2n) is 6.98. The summed E-state index contributed by atoms with van der Waals surface area (Å²) in [5.41, 5.74) is 0.530. The van der Waals surface area contributed by atoms with Gasteiger partial charge in [0.25, 0.3) is 0 Å². The van der Waals surface area contributed by atoms with Gasteiger partial charge in [-0.15, -0.1) is 0 Å². The first-order valence-corrected chi connectivity index (χ1v) is 11.0. The van der Waals surface area contributed by atoms with Crippen LogP contribution < -0.4 is 9.64 Å².